The van der Waals surface area contributed by atoms with Crippen LogP contribution in [-0.4, -0.2) is 31.1 Å². The first kappa shape index (κ1) is 18.9. The number of fused-ring (bicyclic) bond motifs is 1. The summed E-state index contributed by atoms with van der Waals surface area (Å²) in [5.41, 5.74) is 6.79. The molecule has 1 unspecified atom stereocenters. The number of hydrogen-bond acceptors (Lipinski definition) is 3. The van der Waals surface area contributed by atoms with Crippen LogP contribution in [0.25, 0.3) is 10.8 Å². The molecule has 3 rings (SSSR count). The number of rotatable bonds is 5. The number of alkyl halides is 2. The smallest absolute Gasteiger partial charge is 0.387 e. The SMILES string of the molecule is CC1(CN)CCN(Cc2c(OC(F)F)ccc3ccccc23)C1.Cl. The molecule has 1 atom stereocenters. The molecule has 1 saturated heterocycles. The van der Waals surface area contributed by atoms with Crippen LogP contribution < -0.4 is 10.5 Å². The summed E-state index contributed by atoms with van der Waals surface area (Å²) in [7, 11) is 0. The Hall–Kier alpha value is -1.43. The Morgan fingerprint density at radius 1 is 1.25 bits per heavy atom. The van der Waals surface area contributed by atoms with Gasteiger partial charge in [-0.2, -0.15) is 8.78 Å². The quantitative estimate of drug-likeness (QED) is 0.878. The topological polar surface area (TPSA) is 38.5 Å². The molecule has 1 aliphatic rings. The van der Waals surface area contributed by atoms with E-state index in [-0.39, 0.29) is 23.6 Å². The van der Waals surface area contributed by atoms with Crippen LogP contribution in [0.1, 0.15) is 18.9 Å². The van der Waals surface area contributed by atoms with E-state index in [0.29, 0.717) is 13.1 Å². The van der Waals surface area contributed by atoms with Gasteiger partial charge in [0.15, 0.2) is 0 Å². The van der Waals surface area contributed by atoms with Gasteiger partial charge in [-0.05, 0) is 41.8 Å². The normalized spacial score (nSPS) is 21.2. The van der Waals surface area contributed by atoms with E-state index >= 15 is 0 Å². The average molecular weight is 357 g/mol. The third-order valence-corrected chi connectivity index (χ3v) is 4.73. The van der Waals surface area contributed by atoms with Crippen molar-refractivity contribution in [3.05, 3.63) is 42.0 Å². The van der Waals surface area contributed by atoms with Gasteiger partial charge in [-0.25, -0.2) is 0 Å². The molecule has 0 aliphatic carbocycles. The molecule has 0 bridgehead atoms. The van der Waals surface area contributed by atoms with Gasteiger partial charge in [0, 0.05) is 18.7 Å². The van der Waals surface area contributed by atoms with Crippen molar-refractivity contribution in [1.29, 1.82) is 0 Å². The van der Waals surface area contributed by atoms with E-state index in [1.54, 1.807) is 6.07 Å². The molecule has 0 aromatic heterocycles. The highest BCUT2D eigenvalue weighted by molar-refractivity contribution is 5.87. The van der Waals surface area contributed by atoms with E-state index in [0.717, 1.165) is 35.8 Å². The van der Waals surface area contributed by atoms with E-state index < -0.39 is 6.61 Å². The van der Waals surface area contributed by atoms with E-state index in [9.17, 15) is 8.78 Å². The summed E-state index contributed by atoms with van der Waals surface area (Å²) in [5.74, 6) is 0.264. The minimum atomic E-state index is -2.82. The van der Waals surface area contributed by atoms with E-state index in [2.05, 4.69) is 11.8 Å². The molecule has 3 nitrogen and oxygen atoms in total. The Labute approximate surface area is 147 Å². The van der Waals surface area contributed by atoms with Crippen molar-refractivity contribution in [3.63, 3.8) is 0 Å². The first-order chi connectivity index (χ1) is 11.0. The molecule has 0 saturated carbocycles. The maximum absolute atomic E-state index is 12.7. The van der Waals surface area contributed by atoms with E-state index in [1.807, 2.05) is 30.3 Å². The summed E-state index contributed by atoms with van der Waals surface area (Å²) in [6.07, 6.45) is 1.03. The number of likely N-dealkylation sites (tertiary alicyclic amines) is 1. The first-order valence-electron chi connectivity index (χ1n) is 7.89. The van der Waals surface area contributed by atoms with Crippen LogP contribution in [0.4, 0.5) is 8.78 Å². The lowest BCUT2D eigenvalue weighted by Gasteiger charge is -2.24. The summed E-state index contributed by atoms with van der Waals surface area (Å²) in [6, 6.07) is 11.3. The van der Waals surface area contributed by atoms with Crippen LogP contribution in [0.15, 0.2) is 36.4 Å². The fourth-order valence-electron chi connectivity index (χ4n) is 3.34. The highest BCUT2D eigenvalue weighted by Crippen LogP contribution is 2.34. The molecule has 2 aromatic carbocycles. The maximum atomic E-state index is 12.7. The zero-order chi connectivity index (χ0) is 16.4. The molecule has 1 aliphatic heterocycles. The van der Waals surface area contributed by atoms with Crippen molar-refractivity contribution in [2.75, 3.05) is 19.6 Å². The Kier molecular flexibility index (Phi) is 6.01. The fraction of sp³-hybridized carbons (Fsp3) is 0.444. The number of nitrogens with two attached hydrogens (primary N) is 1. The first-order valence-corrected chi connectivity index (χ1v) is 7.89. The third kappa shape index (κ3) is 3.97. The molecule has 1 heterocycles. The zero-order valence-corrected chi connectivity index (χ0v) is 14.5. The van der Waals surface area contributed by atoms with Crippen molar-refractivity contribution in [2.45, 2.75) is 26.5 Å². The minimum absolute atomic E-state index is 0. The zero-order valence-electron chi connectivity index (χ0n) is 13.7. The highest BCUT2D eigenvalue weighted by Gasteiger charge is 2.33. The summed E-state index contributed by atoms with van der Waals surface area (Å²) in [5, 5.41) is 2.00. The lowest BCUT2D eigenvalue weighted by Crippen LogP contribution is -2.31. The second-order valence-corrected chi connectivity index (χ2v) is 6.62. The molecule has 1 fully saturated rings. The summed E-state index contributed by atoms with van der Waals surface area (Å²) >= 11 is 0. The average Bonchev–Trinajstić information content (AvgIpc) is 2.91. The lowest BCUT2D eigenvalue weighted by atomic mass is 9.90. The Balaban J connectivity index is 0.00000208. The minimum Gasteiger partial charge on any atom is -0.434 e. The highest BCUT2D eigenvalue weighted by atomic mass is 35.5. The van der Waals surface area contributed by atoms with Crippen molar-refractivity contribution < 1.29 is 13.5 Å². The number of halogens is 3. The van der Waals surface area contributed by atoms with Crippen molar-refractivity contribution in [3.8, 4) is 5.75 Å². The van der Waals surface area contributed by atoms with Crippen LogP contribution in [0.3, 0.4) is 0 Å². The standard InChI is InChI=1S/C18H22F2N2O.ClH/c1-18(11-21)8-9-22(12-18)10-15-14-5-3-2-4-13(14)6-7-16(15)23-17(19)20;/h2-7,17H,8-12,21H2,1H3;1H. The molecular formula is C18H23ClF2N2O. The predicted molar refractivity (Wildman–Crippen MR) is 94.9 cm³/mol. The van der Waals surface area contributed by atoms with Gasteiger partial charge in [-0.15, -0.1) is 12.4 Å². The van der Waals surface area contributed by atoms with E-state index in [4.69, 9.17) is 10.5 Å². The molecular weight excluding hydrogens is 334 g/mol. The molecule has 24 heavy (non-hydrogen) atoms. The van der Waals surface area contributed by atoms with Crippen molar-refractivity contribution >= 4 is 23.2 Å². The molecule has 132 valence electrons. The van der Waals surface area contributed by atoms with Crippen LogP contribution >= 0.6 is 12.4 Å². The lowest BCUT2D eigenvalue weighted by molar-refractivity contribution is -0.0506. The molecule has 0 spiro atoms. The number of benzene rings is 2. The third-order valence-electron chi connectivity index (χ3n) is 4.73. The number of ether oxygens (including phenoxy) is 1. The van der Waals surface area contributed by atoms with Gasteiger partial charge in [0.25, 0.3) is 0 Å². The number of hydrogen-bond donors (Lipinski definition) is 1. The van der Waals surface area contributed by atoms with Crippen LogP contribution in [0, 0.1) is 5.41 Å². The van der Waals surface area contributed by atoms with Gasteiger partial charge >= 0.3 is 6.61 Å². The summed E-state index contributed by atoms with van der Waals surface area (Å²) < 4.78 is 30.2. The van der Waals surface area contributed by atoms with Crippen molar-refractivity contribution in [2.24, 2.45) is 11.1 Å². The van der Waals surface area contributed by atoms with E-state index in [1.165, 1.54) is 0 Å². The van der Waals surface area contributed by atoms with Crippen LogP contribution in [-0.2, 0) is 6.54 Å². The maximum Gasteiger partial charge on any atom is 0.387 e. The van der Waals surface area contributed by atoms with Crippen molar-refractivity contribution in [1.82, 2.24) is 4.90 Å². The van der Waals surface area contributed by atoms with Gasteiger partial charge in [-0.3, -0.25) is 4.90 Å². The Morgan fingerprint density at radius 2 is 2.00 bits per heavy atom. The second kappa shape index (κ2) is 7.64. The monoisotopic (exact) mass is 356 g/mol. The van der Waals surface area contributed by atoms with Gasteiger partial charge in [0.05, 0.1) is 0 Å². The van der Waals surface area contributed by atoms with Crippen LogP contribution in [0.5, 0.6) is 5.75 Å². The van der Waals surface area contributed by atoms with Crippen LogP contribution in [0.2, 0.25) is 0 Å². The van der Waals surface area contributed by atoms with Gasteiger partial charge < -0.3 is 10.5 Å². The Bertz CT molecular complexity index is 698. The molecule has 0 amide bonds. The summed E-state index contributed by atoms with van der Waals surface area (Å²) in [6.45, 7) is 2.39. The molecule has 0 radical (unpaired) electrons. The van der Waals surface area contributed by atoms with Gasteiger partial charge in [-0.1, -0.05) is 37.3 Å². The molecule has 2 aromatic rings. The Morgan fingerprint density at radius 3 is 2.67 bits per heavy atom. The second-order valence-electron chi connectivity index (χ2n) is 6.62. The number of nitrogens with zero attached hydrogens (tertiary/aromatic N) is 1. The molecule has 2 N–H and O–H groups in total. The largest absolute Gasteiger partial charge is 0.434 e. The van der Waals surface area contributed by atoms with Gasteiger partial charge in [0.1, 0.15) is 5.75 Å². The van der Waals surface area contributed by atoms with Gasteiger partial charge in [0.2, 0.25) is 0 Å². The fourth-order valence-corrected chi connectivity index (χ4v) is 3.34. The summed E-state index contributed by atoms with van der Waals surface area (Å²) in [4.78, 5) is 2.27. The predicted octanol–water partition coefficient (Wildman–Crippen LogP) is 4.03. The molecule has 6 heteroatoms.